The van der Waals surface area contributed by atoms with Crippen molar-refractivity contribution in [2.75, 3.05) is 11.1 Å². The maximum Gasteiger partial charge on any atom is 0.356 e. The molecule has 9 aromatic carbocycles. The van der Waals surface area contributed by atoms with Gasteiger partial charge in [0.25, 0.3) is 11.8 Å². The molecule has 2 aliphatic heterocycles. The van der Waals surface area contributed by atoms with Gasteiger partial charge in [0, 0.05) is 43.5 Å². The van der Waals surface area contributed by atoms with Crippen molar-refractivity contribution in [3.05, 3.63) is 348 Å². The maximum absolute atomic E-state index is 15.8. The van der Waals surface area contributed by atoms with E-state index in [1.54, 1.807) is 12.1 Å². The van der Waals surface area contributed by atoms with Gasteiger partial charge in [0.2, 0.25) is 5.60 Å². The van der Waals surface area contributed by atoms with E-state index in [1.165, 1.54) is 39.8 Å². The number of hydrogen-bond donors (Lipinski definition) is 2. The van der Waals surface area contributed by atoms with Crippen LogP contribution in [-0.2, 0) is 35.1 Å². The Balaban J connectivity index is 0.911. The molecule has 4 heterocycles. The highest BCUT2D eigenvalue weighted by Crippen LogP contribution is 2.48. The zero-order valence-corrected chi connectivity index (χ0v) is 50.7. The Kier molecular flexibility index (Phi) is 16.7. The highest BCUT2D eigenvalue weighted by Gasteiger charge is 2.55. The third kappa shape index (κ3) is 11.2. The number of benzene rings is 9. The molecule has 11 aromatic rings. The second kappa shape index (κ2) is 25.5. The van der Waals surface area contributed by atoms with Gasteiger partial charge in [0.15, 0.2) is 22.4 Å². The number of amides is 2. The van der Waals surface area contributed by atoms with Gasteiger partial charge in [-0.25, -0.2) is 9.78 Å². The summed E-state index contributed by atoms with van der Waals surface area (Å²) in [5.74, 6) is -1.92. The third-order valence-corrected chi connectivity index (χ3v) is 20.4. The summed E-state index contributed by atoms with van der Waals surface area (Å²) in [7, 11) is 0. The Hall–Kier alpha value is -9.35. The molecule has 88 heavy (non-hydrogen) atoms. The zero-order valence-electron chi connectivity index (χ0n) is 46.7. The molecule has 0 radical (unpaired) electrons. The lowest BCUT2D eigenvalue weighted by Gasteiger charge is -2.49. The molecule has 0 spiro atoms. The third-order valence-electron chi connectivity index (χ3n) is 15.4. The number of oxime groups is 1. The van der Waals surface area contributed by atoms with Crippen LogP contribution in [0.2, 0.25) is 4.34 Å². The first-order valence-electron chi connectivity index (χ1n) is 28.2. The molecule has 13 rings (SSSR count). The summed E-state index contributed by atoms with van der Waals surface area (Å²) < 4.78 is 8.04. The van der Waals surface area contributed by atoms with Crippen LogP contribution in [0.1, 0.15) is 56.3 Å². The SMILES string of the molecule is O=C(NC1C(=O)N2C(C(=O)OC(c3ccccc3)c3ccccc3)=C(Sc3cc(=O)c4ccccc4s3)CS[C@@H]12)C(=NOC(c1ccccc1)(c1ccccc1)c1ccccc1)c1nc(NC(c2ccccc2)(c2ccccc2)c2ccccc2)sc1Cl. The van der Waals surface area contributed by atoms with Crippen molar-refractivity contribution >= 4 is 96.5 Å². The number of halogens is 1. The number of thiazole rings is 1. The molecule has 0 saturated carbocycles. The predicted molar refractivity (Wildman–Crippen MR) is 354 cm³/mol. The first-order chi connectivity index (χ1) is 43.2. The number of anilines is 1. The first kappa shape index (κ1) is 57.7. The number of nitrogens with zero attached hydrogens (tertiary/aromatic N) is 3. The largest absolute Gasteiger partial charge is 0.448 e. The first-order valence-corrected chi connectivity index (χ1v) is 32.1. The van der Waals surface area contributed by atoms with Crippen molar-refractivity contribution in [3.8, 4) is 0 Å². The van der Waals surface area contributed by atoms with Crippen LogP contribution in [0.5, 0.6) is 0 Å². The number of aromatic nitrogens is 1. The van der Waals surface area contributed by atoms with E-state index in [9.17, 15) is 4.79 Å². The monoisotopic (exact) mass is 1250 g/mol. The van der Waals surface area contributed by atoms with Crippen LogP contribution in [0.15, 0.2) is 298 Å². The molecule has 2 N–H and O–H groups in total. The molecule has 0 bridgehead atoms. The lowest BCUT2D eigenvalue weighted by atomic mass is 9.77. The Morgan fingerprint density at radius 1 is 0.602 bits per heavy atom. The number of β-lactam (4-membered cyclic amide) rings is 1. The second-order valence-corrected chi connectivity index (χ2v) is 25.9. The summed E-state index contributed by atoms with van der Waals surface area (Å²) in [6.45, 7) is 0. The smallest absolute Gasteiger partial charge is 0.356 e. The highest BCUT2D eigenvalue weighted by molar-refractivity contribution is 8.07. The van der Waals surface area contributed by atoms with Crippen molar-refractivity contribution in [3.63, 3.8) is 0 Å². The molecule has 0 aliphatic carbocycles. The van der Waals surface area contributed by atoms with Crippen LogP contribution in [-0.4, -0.2) is 50.5 Å². The molecule has 2 atom stereocenters. The van der Waals surface area contributed by atoms with Crippen LogP contribution >= 0.6 is 57.8 Å². The standard InChI is InChI=1S/C72H52ClN5O6S4/c73-65-60(75-70(88-65)76-71(49-31-13-3-14-32-49,50-33-15-4-16-34-50)51-35-17-5-18-36-51)61(77-84-72(52-37-19-6-20-38-52,53-39-21-7-22-40-53)54-41-23-8-24-42-54)66(80)74-62-67(81)78-63(69(82)83-64(47-27-9-1-10-28-47)48-29-11-2-12-30-48)58(46-85-68(62)78)87-59-45-56(79)55-43-25-26-44-57(55)86-59/h1-45,62,64,68H,46H2,(H,74,80)(H,75,76)/t62?,68-/m0/s1. The van der Waals surface area contributed by atoms with E-state index in [0.29, 0.717) is 36.3 Å². The predicted octanol–water partition coefficient (Wildman–Crippen LogP) is 15.2. The van der Waals surface area contributed by atoms with E-state index in [0.717, 1.165) is 43.9 Å². The van der Waals surface area contributed by atoms with Gasteiger partial charge in [-0.1, -0.05) is 295 Å². The molecule has 1 fully saturated rings. The number of fused-ring (bicyclic) bond motifs is 2. The van der Waals surface area contributed by atoms with Gasteiger partial charge in [-0.2, -0.15) is 0 Å². The minimum absolute atomic E-state index is 0.0112. The Morgan fingerprint density at radius 2 is 1.06 bits per heavy atom. The fraction of sp³-hybridized carbons (Fsp3) is 0.0833. The number of ether oxygens (including phenoxy) is 1. The number of carbonyl (C=O) groups is 3. The van der Waals surface area contributed by atoms with Crippen LogP contribution in [0.4, 0.5) is 5.13 Å². The Labute approximate surface area is 529 Å². The van der Waals surface area contributed by atoms with Crippen molar-refractivity contribution < 1.29 is 24.0 Å². The molecule has 2 amide bonds. The number of hydrogen-bond acceptors (Lipinski definition) is 13. The molecule has 1 unspecified atom stereocenters. The number of carbonyl (C=O) groups excluding carboxylic acids is 3. The summed E-state index contributed by atoms with van der Waals surface area (Å²) in [5, 5.41) is 11.9. The Bertz CT molecular complexity index is 4200. The van der Waals surface area contributed by atoms with Gasteiger partial charge in [-0.15, -0.1) is 23.1 Å². The normalized spacial score (nSPS) is 15.1. The van der Waals surface area contributed by atoms with E-state index < -0.39 is 46.4 Å². The van der Waals surface area contributed by atoms with Gasteiger partial charge in [-0.05, 0) is 39.9 Å². The lowest BCUT2D eigenvalue weighted by Crippen LogP contribution is -2.71. The van der Waals surface area contributed by atoms with Crippen molar-refractivity contribution in [1.29, 1.82) is 0 Å². The molecule has 432 valence electrons. The molecule has 2 aliphatic rings. The van der Waals surface area contributed by atoms with Gasteiger partial charge in [0.05, 0.1) is 4.21 Å². The minimum atomic E-state index is -1.45. The summed E-state index contributed by atoms with van der Waals surface area (Å²) in [6.07, 6.45) is -0.848. The zero-order chi connectivity index (χ0) is 60.0. The summed E-state index contributed by atoms with van der Waals surface area (Å²) in [6, 6.07) is 85.5. The van der Waals surface area contributed by atoms with Crippen molar-refractivity contribution in [1.82, 2.24) is 15.2 Å². The van der Waals surface area contributed by atoms with E-state index in [2.05, 4.69) is 47.0 Å². The minimum Gasteiger partial charge on any atom is -0.448 e. The number of esters is 1. The fourth-order valence-electron chi connectivity index (χ4n) is 11.3. The second-order valence-electron chi connectivity index (χ2n) is 20.7. The molecular weight excluding hydrogens is 1190 g/mol. The molecular formula is C72H52ClN5O6S4. The average Bonchev–Trinajstić information content (AvgIpc) is 1.72. The van der Waals surface area contributed by atoms with Gasteiger partial charge in [-0.3, -0.25) is 19.3 Å². The number of nitrogens with one attached hydrogen (secondary N) is 2. The maximum atomic E-state index is 15.8. The molecule has 11 nitrogen and oxygen atoms in total. The van der Waals surface area contributed by atoms with E-state index in [1.807, 2.05) is 224 Å². The van der Waals surface area contributed by atoms with Crippen molar-refractivity contribution in [2.24, 2.45) is 5.16 Å². The fourth-order valence-corrected chi connectivity index (χ4v) is 16.3. The van der Waals surface area contributed by atoms with E-state index in [4.69, 9.17) is 31.3 Å². The van der Waals surface area contributed by atoms with E-state index in [-0.39, 0.29) is 32.6 Å². The van der Waals surface area contributed by atoms with Gasteiger partial charge >= 0.3 is 5.97 Å². The quantitative estimate of drug-likeness (QED) is 0.0264. The Morgan fingerprint density at radius 3 is 1.56 bits per heavy atom. The highest BCUT2D eigenvalue weighted by atomic mass is 35.5. The molecule has 2 aromatic heterocycles. The molecule has 16 heteroatoms. The lowest BCUT2D eigenvalue weighted by molar-refractivity contribution is -0.154. The van der Waals surface area contributed by atoms with Crippen LogP contribution < -0.4 is 16.1 Å². The summed E-state index contributed by atoms with van der Waals surface area (Å²) >= 11 is 12.6. The topological polar surface area (TPSA) is 139 Å². The average molecular weight is 1250 g/mol. The number of thioether (sulfide) groups is 2. The number of rotatable bonds is 19. The van der Waals surface area contributed by atoms with Crippen LogP contribution in [0, 0.1) is 0 Å². The van der Waals surface area contributed by atoms with E-state index >= 15 is 14.4 Å². The van der Waals surface area contributed by atoms with Crippen LogP contribution in [0.3, 0.4) is 0 Å². The van der Waals surface area contributed by atoms with Gasteiger partial charge in [0.1, 0.15) is 32.7 Å². The van der Waals surface area contributed by atoms with Crippen molar-refractivity contribution in [2.45, 2.75) is 32.9 Å². The summed E-state index contributed by atoms with van der Waals surface area (Å²) in [5.41, 5.74) is 3.35. The van der Waals surface area contributed by atoms with Gasteiger partial charge < -0.3 is 20.2 Å². The molecule has 1 saturated heterocycles. The summed E-state index contributed by atoms with van der Waals surface area (Å²) in [4.78, 5) is 73.9. The van der Waals surface area contributed by atoms with Crippen LogP contribution in [0.25, 0.3) is 10.1 Å².